The quantitative estimate of drug-likeness (QED) is 0.574. The van der Waals surface area contributed by atoms with Crippen molar-refractivity contribution >= 4 is 23.1 Å². The zero-order valence-corrected chi connectivity index (χ0v) is 17.6. The van der Waals surface area contributed by atoms with Crippen LogP contribution in [0.1, 0.15) is 16.7 Å². The van der Waals surface area contributed by atoms with E-state index in [9.17, 15) is 14.0 Å². The second kappa shape index (κ2) is 7.48. The molecule has 0 aliphatic carbocycles. The molecule has 0 radical (unpaired) electrons. The summed E-state index contributed by atoms with van der Waals surface area (Å²) in [7, 11) is 0. The third-order valence-electron chi connectivity index (χ3n) is 6.21. The number of hydrogen-bond acceptors (Lipinski definition) is 5. The van der Waals surface area contributed by atoms with Gasteiger partial charge in [0.1, 0.15) is 11.5 Å². The first-order chi connectivity index (χ1) is 16.1. The van der Waals surface area contributed by atoms with Crippen LogP contribution in [0, 0.1) is 5.82 Å². The molecular formula is C26H19FN2O4. The lowest BCUT2D eigenvalue weighted by molar-refractivity contribution is -0.137. The minimum atomic E-state index is -0.401. The molecule has 164 valence electrons. The molecule has 3 aromatic rings. The van der Waals surface area contributed by atoms with Gasteiger partial charge in [0.25, 0.3) is 11.8 Å². The maximum absolute atomic E-state index is 13.7. The van der Waals surface area contributed by atoms with Crippen LogP contribution in [0.25, 0.3) is 5.57 Å². The number of amides is 2. The van der Waals surface area contributed by atoms with E-state index in [1.54, 1.807) is 24.3 Å². The highest BCUT2D eigenvalue weighted by atomic mass is 19.1. The van der Waals surface area contributed by atoms with Gasteiger partial charge in [0.05, 0.1) is 12.1 Å². The van der Waals surface area contributed by atoms with Gasteiger partial charge in [-0.2, -0.15) is 0 Å². The van der Waals surface area contributed by atoms with Gasteiger partial charge in [-0.15, -0.1) is 0 Å². The molecule has 0 N–H and O–H groups in total. The maximum Gasteiger partial charge on any atom is 0.278 e. The normalized spacial score (nSPS) is 16.8. The minimum Gasteiger partial charge on any atom is -0.454 e. The molecule has 0 saturated heterocycles. The summed E-state index contributed by atoms with van der Waals surface area (Å²) in [6.07, 6.45) is 0.778. The lowest BCUT2D eigenvalue weighted by Crippen LogP contribution is -2.34. The number of ether oxygens (including phenoxy) is 2. The highest BCUT2D eigenvalue weighted by Gasteiger charge is 2.43. The molecular weight excluding hydrogens is 423 g/mol. The molecule has 0 saturated carbocycles. The monoisotopic (exact) mass is 442 g/mol. The van der Waals surface area contributed by atoms with Crippen LogP contribution in [0.5, 0.6) is 11.5 Å². The molecule has 0 aromatic heterocycles. The van der Waals surface area contributed by atoms with Crippen LogP contribution in [-0.4, -0.2) is 30.1 Å². The van der Waals surface area contributed by atoms with E-state index in [-0.39, 0.29) is 24.8 Å². The fourth-order valence-corrected chi connectivity index (χ4v) is 4.63. The summed E-state index contributed by atoms with van der Waals surface area (Å²) in [4.78, 5) is 30.4. The number of para-hydroxylation sites is 1. The Labute approximate surface area is 189 Å². The lowest BCUT2D eigenvalue weighted by Gasteiger charge is -2.22. The van der Waals surface area contributed by atoms with E-state index in [1.807, 2.05) is 35.2 Å². The van der Waals surface area contributed by atoms with E-state index in [1.165, 1.54) is 17.0 Å². The van der Waals surface area contributed by atoms with Crippen molar-refractivity contribution in [3.8, 4) is 11.5 Å². The first-order valence-electron chi connectivity index (χ1n) is 10.7. The molecule has 7 heteroatoms. The minimum absolute atomic E-state index is 0.0952. The maximum atomic E-state index is 13.7. The van der Waals surface area contributed by atoms with Crippen LogP contribution < -0.4 is 14.4 Å². The molecule has 0 fully saturated rings. The Kier molecular flexibility index (Phi) is 4.43. The van der Waals surface area contributed by atoms with Crippen molar-refractivity contribution in [3.05, 3.63) is 94.9 Å². The highest BCUT2D eigenvalue weighted by Crippen LogP contribution is 2.39. The second-order valence-electron chi connectivity index (χ2n) is 8.14. The lowest BCUT2D eigenvalue weighted by atomic mass is 10.0. The number of halogens is 1. The number of hydrogen-bond donors (Lipinski definition) is 0. The third-order valence-corrected chi connectivity index (χ3v) is 6.21. The van der Waals surface area contributed by atoms with Gasteiger partial charge < -0.3 is 14.4 Å². The standard InChI is InChI=1S/C26H19FN2O4/c27-19-8-6-18(7-9-19)23-24(28-12-11-17-3-1-2-4-20(17)28)26(31)29(25(23)30)14-16-5-10-21-22(13-16)33-15-32-21/h1-10,13H,11-12,14-15H2. The van der Waals surface area contributed by atoms with E-state index in [0.717, 1.165) is 23.2 Å². The summed E-state index contributed by atoms with van der Waals surface area (Å²) in [6, 6.07) is 18.9. The topological polar surface area (TPSA) is 59.1 Å². The average molecular weight is 442 g/mol. The molecule has 3 aliphatic heterocycles. The average Bonchev–Trinajstić information content (AvgIpc) is 3.52. The highest BCUT2D eigenvalue weighted by molar-refractivity contribution is 6.36. The number of rotatable bonds is 4. The summed E-state index contributed by atoms with van der Waals surface area (Å²) in [5.41, 5.74) is 3.93. The van der Waals surface area contributed by atoms with Crippen molar-refractivity contribution in [2.24, 2.45) is 0 Å². The largest absolute Gasteiger partial charge is 0.454 e. The zero-order valence-electron chi connectivity index (χ0n) is 17.6. The summed E-state index contributed by atoms with van der Waals surface area (Å²) in [5.74, 6) is 0.0584. The SMILES string of the molecule is O=C1C(c2ccc(F)cc2)=C(N2CCc3ccccc32)C(=O)N1Cc1ccc2c(c1)OCO2. The number of carbonyl (C=O) groups is 2. The number of imide groups is 1. The molecule has 2 amide bonds. The van der Waals surface area contributed by atoms with E-state index in [4.69, 9.17) is 9.47 Å². The third kappa shape index (κ3) is 3.16. The van der Waals surface area contributed by atoms with E-state index >= 15 is 0 Å². The van der Waals surface area contributed by atoms with Gasteiger partial charge in [-0.05, 0) is 53.4 Å². The van der Waals surface area contributed by atoms with Gasteiger partial charge >= 0.3 is 0 Å². The van der Waals surface area contributed by atoms with Crippen LogP contribution >= 0.6 is 0 Å². The molecule has 3 aliphatic rings. The number of carbonyl (C=O) groups excluding carboxylic acids is 2. The van der Waals surface area contributed by atoms with Crippen molar-refractivity contribution in [1.82, 2.24) is 4.90 Å². The van der Waals surface area contributed by atoms with Crippen LogP contribution in [0.4, 0.5) is 10.1 Å². The first kappa shape index (κ1) is 19.5. The van der Waals surface area contributed by atoms with E-state index < -0.39 is 11.7 Å². The van der Waals surface area contributed by atoms with Crippen LogP contribution in [0.3, 0.4) is 0 Å². The fraction of sp³-hybridized carbons (Fsp3) is 0.154. The fourth-order valence-electron chi connectivity index (χ4n) is 4.63. The molecule has 3 heterocycles. The Morgan fingerprint density at radius 2 is 1.67 bits per heavy atom. The van der Waals surface area contributed by atoms with Crippen molar-refractivity contribution in [3.63, 3.8) is 0 Å². The second-order valence-corrected chi connectivity index (χ2v) is 8.14. The summed E-state index contributed by atoms with van der Waals surface area (Å²) < 4.78 is 24.4. The molecule has 6 rings (SSSR count). The summed E-state index contributed by atoms with van der Waals surface area (Å²) in [5, 5.41) is 0. The van der Waals surface area contributed by atoms with Gasteiger partial charge in [0.15, 0.2) is 11.5 Å². The molecule has 0 unspecified atom stereocenters. The van der Waals surface area contributed by atoms with Gasteiger partial charge in [-0.25, -0.2) is 4.39 Å². The molecule has 3 aromatic carbocycles. The molecule has 6 nitrogen and oxygen atoms in total. The van der Waals surface area contributed by atoms with Gasteiger partial charge in [0, 0.05) is 12.2 Å². The molecule has 33 heavy (non-hydrogen) atoms. The van der Waals surface area contributed by atoms with Gasteiger partial charge in [-0.3, -0.25) is 14.5 Å². The van der Waals surface area contributed by atoms with Crippen molar-refractivity contribution in [2.75, 3.05) is 18.2 Å². The number of nitrogens with zero attached hydrogens (tertiary/aromatic N) is 2. The van der Waals surface area contributed by atoms with Crippen LogP contribution in [-0.2, 0) is 22.6 Å². The summed E-state index contributed by atoms with van der Waals surface area (Å²) >= 11 is 0. The van der Waals surface area contributed by atoms with Crippen molar-refractivity contribution in [2.45, 2.75) is 13.0 Å². The van der Waals surface area contributed by atoms with Crippen LogP contribution in [0.15, 0.2) is 72.4 Å². The molecule has 0 spiro atoms. The predicted octanol–water partition coefficient (Wildman–Crippen LogP) is 3.90. The Morgan fingerprint density at radius 1 is 0.879 bits per heavy atom. The first-order valence-corrected chi connectivity index (χ1v) is 10.7. The van der Waals surface area contributed by atoms with Crippen molar-refractivity contribution in [1.29, 1.82) is 0 Å². The molecule has 0 bridgehead atoms. The zero-order chi connectivity index (χ0) is 22.5. The number of fused-ring (bicyclic) bond motifs is 2. The summed E-state index contributed by atoms with van der Waals surface area (Å²) in [6.45, 7) is 0.837. The Bertz CT molecular complexity index is 1330. The van der Waals surface area contributed by atoms with Gasteiger partial charge in [0.2, 0.25) is 6.79 Å². The van der Waals surface area contributed by atoms with Gasteiger partial charge in [-0.1, -0.05) is 36.4 Å². The van der Waals surface area contributed by atoms with Crippen LogP contribution in [0.2, 0.25) is 0 Å². The smallest absolute Gasteiger partial charge is 0.278 e. The van der Waals surface area contributed by atoms with E-state index in [2.05, 4.69) is 0 Å². The molecule has 0 atom stereocenters. The predicted molar refractivity (Wildman–Crippen MR) is 119 cm³/mol. The Morgan fingerprint density at radius 3 is 2.52 bits per heavy atom. The number of benzene rings is 3. The number of anilines is 1. The Balaban J connectivity index is 1.42. The Hall–Kier alpha value is -4.13. The van der Waals surface area contributed by atoms with E-state index in [0.29, 0.717) is 29.3 Å². The van der Waals surface area contributed by atoms with Crippen molar-refractivity contribution < 1.29 is 23.5 Å².